The van der Waals surface area contributed by atoms with Crippen molar-refractivity contribution in [3.05, 3.63) is 29.3 Å². The number of carbonyl (C=O) groups is 2. The molecule has 1 saturated heterocycles. The highest BCUT2D eigenvalue weighted by Gasteiger charge is 2.36. The zero-order valence-corrected chi connectivity index (χ0v) is 13.0. The minimum atomic E-state index is -0.901. The zero-order valence-electron chi connectivity index (χ0n) is 13.0. The van der Waals surface area contributed by atoms with Gasteiger partial charge in [0.15, 0.2) is 0 Å². The van der Waals surface area contributed by atoms with Crippen molar-refractivity contribution in [2.75, 3.05) is 19.8 Å². The van der Waals surface area contributed by atoms with Gasteiger partial charge in [-0.25, -0.2) is 0 Å². The van der Waals surface area contributed by atoms with Crippen LogP contribution in [0.4, 0.5) is 0 Å². The molecule has 2 aliphatic heterocycles. The highest BCUT2D eigenvalue weighted by Crippen LogP contribution is 2.27. The molecule has 124 valence electrons. The van der Waals surface area contributed by atoms with E-state index in [9.17, 15) is 9.59 Å². The number of aliphatic carboxylic acids is 1. The number of hydrogen-bond donors (Lipinski definition) is 2. The summed E-state index contributed by atoms with van der Waals surface area (Å²) in [4.78, 5) is 23.5. The molecule has 2 aliphatic rings. The van der Waals surface area contributed by atoms with Gasteiger partial charge in [0.1, 0.15) is 5.75 Å². The number of carbonyl (C=O) groups excluding carboxylic acids is 1. The van der Waals surface area contributed by atoms with Crippen molar-refractivity contribution in [3.8, 4) is 5.75 Å². The van der Waals surface area contributed by atoms with Gasteiger partial charge in [-0.15, -0.1) is 0 Å². The summed E-state index contributed by atoms with van der Waals surface area (Å²) in [5.74, 6) is -0.158. The summed E-state index contributed by atoms with van der Waals surface area (Å²) in [6.07, 6.45) is 2.10. The van der Waals surface area contributed by atoms with Gasteiger partial charge in [-0.3, -0.25) is 9.59 Å². The van der Waals surface area contributed by atoms with Crippen molar-refractivity contribution in [3.63, 3.8) is 0 Å². The Balaban J connectivity index is 1.66. The predicted octanol–water partition coefficient (Wildman–Crippen LogP) is 1.30. The van der Waals surface area contributed by atoms with Crippen molar-refractivity contribution < 1.29 is 24.2 Å². The van der Waals surface area contributed by atoms with Gasteiger partial charge in [-0.2, -0.15) is 0 Å². The number of rotatable bonds is 5. The molecular weight excluding hydrogens is 298 g/mol. The second-order valence-electron chi connectivity index (χ2n) is 6.23. The van der Waals surface area contributed by atoms with Crippen molar-refractivity contribution in [1.29, 1.82) is 0 Å². The van der Waals surface area contributed by atoms with E-state index in [0.717, 1.165) is 23.3 Å². The monoisotopic (exact) mass is 319 g/mol. The maximum atomic E-state index is 12.4. The molecule has 3 rings (SSSR count). The summed E-state index contributed by atoms with van der Waals surface area (Å²) < 4.78 is 10.8. The first-order chi connectivity index (χ1) is 11.1. The first-order valence-electron chi connectivity index (χ1n) is 7.91. The third kappa shape index (κ3) is 3.82. The van der Waals surface area contributed by atoms with Crippen LogP contribution in [0, 0.1) is 0 Å². The lowest BCUT2D eigenvalue weighted by atomic mass is 9.86. The summed E-state index contributed by atoms with van der Waals surface area (Å²) in [6, 6.07) is 5.78. The summed E-state index contributed by atoms with van der Waals surface area (Å²) in [5, 5.41) is 12.1. The number of ether oxygens (including phenoxy) is 2. The highest BCUT2D eigenvalue weighted by molar-refractivity contribution is 5.80. The molecule has 1 amide bonds. The molecule has 0 aliphatic carbocycles. The number of nitrogens with one attached hydrogen (secondary N) is 1. The van der Waals surface area contributed by atoms with E-state index < -0.39 is 11.5 Å². The second kappa shape index (κ2) is 6.58. The van der Waals surface area contributed by atoms with Gasteiger partial charge >= 0.3 is 5.97 Å². The molecule has 1 fully saturated rings. The van der Waals surface area contributed by atoms with Gasteiger partial charge in [0.25, 0.3) is 0 Å². The van der Waals surface area contributed by atoms with Crippen molar-refractivity contribution in [2.24, 2.45) is 0 Å². The van der Waals surface area contributed by atoms with Crippen LogP contribution < -0.4 is 10.1 Å². The summed E-state index contributed by atoms with van der Waals surface area (Å²) in [7, 11) is 0. The van der Waals surface area contributed by atoms with Gasteiger partial charge in [0.2, 0.25) is 5.91 Å². The highest BCUT2D eigenvalue weighted by atomic mass is 16.5. The van der Waals surface area contributed by atoms with E-state index in [4.69, 9.17) is 14.6 Å². The lowest BCUT2D eigenvalue weighted by Gasteiger charge is -2.36. The minimum absolute atomic E-state index is 0.0693. The third-order valence-corrected chi connectivity index (χ3v) is 4.46. The van der Waals surface area contributed by atoms with E-state index in [2.05, 4.69) is 5.32 Å². The number of carboxylic acids is 1. The second-order valence-corrected chi connectivity index (χ2v) is 6.23. The average molecular weight is 319 g/mol. The molecule has 1 aromatic carbocycles. The summed E-state index contributed by atoms with van der Waals surface area (Å²) >= 11 is 0. The molecule has 2 N–H and O–H groups in total. The molecule has 2 heterocycles. The molecule has 0 radical (unpaired) electrons. The van der Waals surface area contributed by atoms with Crippen LogP contribution in [-0.2, 0) is 27.2 Å². The van der Waals surface area contributed by atoms with Gasteiger partial charge in [0, 0.05) is 19.6 Å². The Hall–Kier alpha value is -2.08. The fraction of sp³-hybridized carbons (Fsp3) is 0.529. The number of carboxylic acid groups (broad SMARTS) is 1. The Morgan fingerprint density at radius 1 is 1.22 bits per heavy atom. The van der Waals surface area contributed by atoms with Crippen LogP contribution >= 0.6 is 0 Å². The number of hydrogen-bond acceptors (Lipinski definition) is 4. The lowest BCUT2D eigenvalue weighted by molar-refractivity contribution is -0.140. The standard InChI is InChI=1S/C17H21NO5/c19-15(10-12-1-2-14-13(9-12)3-6-23-14)18-17(11-16(20)21)4-7-22-8-5-17/h1-2,9H,3-8,10-11H2,(H,18,19)(H,20,21). The molecule has 6 heteroatoms. The molecular formula is C17H21NO5. The normalized spacial score (nSPS) is 18.8. The SMILES string of the molecule is O=C(O)CC1(NC(=O)Cc2ccc3c(c2)CCO3)CCOCC1. The smallest absolute Gasteiger partial charge is 0.305 e. The van der Waals surface area contributed by atoms with Crippen LogP contribution in [0.25, 0.3) is 0 Å². The maximum absolute atomic E-state index is 12.4. The molecule has 0 bridgehead atoms. The predicted molar refractivity (Wildman–Crippen MR) is 82.5 cm³/mol. The van der Waals surface area contributed by atoms with Crippen molar-refractivity contribution in [1.82, 2.24) is 5.32 Å². The van der Waals surface area contributed by atoms with E-state index in [1.165, 1.54) is 0 Å². The fourth-order valence-corrected chi connectivity index (χ4v) is 3.27. The van der Waals surface area contributed by atoms with Crippen molar-refractivity contribution >= 4 is 11.9 Å². The quantitative estimate of drug-likeness (QED) is 0.854. The van der Waals surface area contributed by atoms with E-state index in [1.807, 2.05) is 18.2 Å². The molecule has 6 nitrogen and oxygen atoms in total. The number of fused-ring (bicyclic) bond motifs is 1. The summed E-state index contributed by atoms with van der Waals surface area (Å²) in [6.45, 7) is 1.64. The maximum Gasteiger partial charge on any atom is 0.305 e. The minimum Gasteiger partial charge on any atom is -0.493 e. The van der Waals surface area contributed by atoms with Crippen LogP contribution in [-0.4, -0.2) is 42.3 Å². The van der Waals surface area contributed by atoms with Crippen LogP contribution in [0.5, 0.6) is 5.75 Å². The third-order valence-electron chi connectivity index (χ3n) is 4.46. The van der Waals surface area contributed by atoms with E-state index in [1.54, 1.807) is 0 Å². The van der Waals surface area contributed by atoms with Gasteiger partial charge in [-0.1, -0.05) is 12.1 Å². The molecule has 0 saturated carbocycles. The average Bonchev–Trinajstić information content (AvgIpc) is 2.94. The molecule has 0 unspecified atom stereocenters. The van der Waals surface area contributed by atoms with E-state index in [0.29, 0.717) is 32.7 Å². The van der Waals surface area contributed by atoms with Gasteiger partial charge in [0.05, 0.1) is 25.0 Å². The largest absolute Gasteiger partial charge is 0.493 e. The Kier molecular flexibility index (Phi) is 4.52. The summed E-state index contributed by atoms with van der Waals surface area (Å²) in [5.41, 5.74) is 1.35. The Morgan fingerprint density at radius 3 is 2.74 bits per heavy atom. The first-order valence-corrected chi connectivity index (χ1v) is 7.91. The topological polar surface area (TPSA) is 84.9 Å². The molecule has 0 aromatic heterocycles. The zero-order chi connectivity index (χ0) is 16.3. The Bertz CT molecular complexity index is 607. The molecule has 0 atom stereocenters. The number of amides is 1. The lowest BCUT2D eigenvalue weighted by Crippen LogP contribution is -2.53. The molecule has 23 heavy (non-hydrogen) atoms. The first kappa shape index (κ1) is 15.8. The van der Waals surface area contributed by atoms with E-state index in [-0.39, 0.29) is 18.7 Å². The van der Waals surface area contributed by atoms with E-state index >= 15 is 0 Å². The van der Waals surface area contributed by atoms with Crippen LogP contribution in [0.2, 0.25) is 0 Å². The molecule has 0 spiro atoms. The van der Waals surface area contributed by atoms with Crippen LogP contribution in [0.3, 0.4) is 0 Å². The van der Waals surface area contributed by atoms with Crippen LogP contribution in [0.15, 0.2) is 18.2 Å². The van der Waals surface area contributed by atoms with Crippen LogP contribution in [0.1, 0.15) is 30.4 Å². The Morgan fingerprint density at radius 2 is 2.00 bits per heavy atom. The fourth-order valence-electron chi connectivity index (χ4n) is 3.27. The van der Waals surface area contributed by atoms with Gasteiger partial charge in [-0.05, 0) is 30.0 Å². The Labute approximate surface area is 134 Å². The van der Waals surface area contributed by atoms with Crippen molar-refractivity contribution in [2.45, 2.75) is 37.6 Å². The number of benzene rings is 1. The van der Waals surface area contributed by atoms with Gasteiger partial charge < -0.3 is 19.9 Å². The molecule has 1 aromatic rings.